The maximum Gasteiger partial charge on any atom is 0.213 e. The van der Waals surface area contributed by atoms with Gasteiger partial charge in [-0.25, -0.2) is 4.98 Å². The summed E-state index contributed by atoms with van der Waals surface area (Å²) in [6.07, 6.45) is 6.86. The Morgan fingerprint density at radius 3 is 2.70 bits per heavy atom. The van der Waals surface area contributed by atoms with Crippen molar-refractivity contribution in [1.29, 1.82) is 0 Å². The molecule has 152 valence electrons. The average molecular weight is 399 g/mol. The Morgan fingerprint density at radius 1 is 1.00 bits per heavy atom. The van der Waals surface area contributed by atoms with Crippen molar-refractivity contribution >= 4 is 23.8 Å². The van der Waals surface area contributed by atoms with Gasteiger partial charge in [-0.05, 0) is 49.2 Å². The van der Waals surface area contributed by atoms with E-state index in [1.165, 1.54) is 0 Å². The molecule has 4 rings (SSSR count). The third-order valence-corrected chi connectivity index (χ3v) is 5.25. The standard InChI is InChI=1S/C25H26N4O/c1-19-22(17-21(18-27-19)12-11-20-7-3-2-4-8-20)25(30)23-9-5-10-24(28-23)29-15-6-13-26-14-16-29/h2-5,7-12,17-18,26H,6,13-16H2,1H3/b12-11+. The topological polar surface area (TPSA) is 58.1 Å². The molecule has 0 radical (unpaired) electrons. The fourth-order valence-electron chi connectivity index (χ4n) is 3.57. The molecule has 1 fully saturated rings. The number of nitrogens with one attached hydrogen (secondary N) is 1. The van der Waals surface area contributed by atoms with E-state index in [4.69, 9.17) is 0 Å². The molecule has 1 N–H and O–H groups in total. The number of anilines is 1. The first kappa shape index (κ1) is 20.0. The molecule has 1 aliphatic heterocycles. The van der Waals surface area contributed by atoms with E-state index in [0.717, 1.165) is 49.5 Å². The summed E-state index contributed by atoms with van der Waals surface area (Å²) >= 11 is 0. The normalized spacial score (nSPS) is 14.6. The number of carbonyl (C=O) groups is 1. The molecule has 0 atom stereocenters. The molecule has 1 saturated heterocycles. The molecule has 0 aliphatic carbocycles. The fourth-order valence-corrected chi connectivity index (χ4v) is 3.57. The molecule has 0 bridgehead atoms. The maximum atomic E-state index is 13.2. The third kappa shape index (κ3) is 4.81. The molecule has 0 saturated carbocycles. The summed E-state index contributed by atoms with van der Waals surface area (Å²) in [6, 6.07) is 17.6. The van der Waals surface area contributed by atoms with Crippen molar-refractivity contribution in [1.82, 2.24) is 15.3 Å². The maximum absolute atomic E-state index is 13.2. The summed E-state index contributed by atoms with van der Waals surface area (Å²) < 4.78 is 0. The van der Waals surface area contributed by atoms with Crippen molar-refractivity contribution in [3.63, 3.8) is 0 Å². The lowest BCUT2D eigenvalue weighted by atomic mass is 10.0. The zero-order valence-electron chi connectivity index (χ0n) is 17.2. The van der Waals surface area contributed by atoms with Crippen molar-refractivity contribution in [2.45, 2.75) is 13.3 Å². The Hall–Kier alpha value is -3.31. The van der Waals surface area contributed by atoms with E-state index in [0.29, 0.717) is 17.0 Å². The second-order valence-corrected chi connectivity index (χ2v) is 7.45. The van der Waals surface area contributed by atoms with Gasteiger partial charge in [0.25, 0.3) is 0 Å². The number of nitrogens with zero attached hydrogens (tertiary/aromatic N) is 3. The highest BCUT2D eigenvalue weighted by Gasteiger charge is 2.17. The number of aryl methyl sites for hydroxylation is 1. The number of hydrogen-bond donors (Lipinski definition) is 1. The van der Waals surface area contributed by atoms with E-state index in [-0.39, 0.29) is 5.78 Å². The molecule has 2 aromatic heterocycles. The second-order valence-electron chi connectivity index (χ2n) is 7.45. The predicted molar refractivity (Wildman–Crippen MR) is 122 cm³/mol. The van der Waals surface area contributed by atoms with Crippen LogP contribution < -0.4 is 10.2 Å². The lowest BCUT2D eigenvalue weighted by Crippen LogP contribution is -2.29. The zero-order valence-corrected chi connectivity index (χ0v) is 17.2. The monoisotopic (exact) mass is 398 g/mol. The summed E-state index contributed by atoms with van der Waals surface area (Å²) in [6.45, 7) is 5.65. The van der Waals surface area contributed by atoms with Gasteiger partial charge < -0.3 is 10.2 Å². The molecular weight excluding hydrogens is 372 g/mol. The first-order valence-corrected chi connectivity index (χ1v) is 10.4. The summed E-state index contributed by atoms with van der Waals surface area (Å²) in [4.78, 5) is 24.6. The molecule has 5 heteroatoms. The van der Waals surface area contributed by atoms with Crippen molar-refractivity contribution in [3.05, 3.63) is 88.9 Å². The van der Waals surface area contributed by atoms with Crippen LogP contribution in [0.1, 0.15) is 39.3 Å². The van der Waals surface area contributed by atoms with E-state index >= 15 is 0 Å². The highest BCUT2D eigenvalue weighted by atomic mass is 16.1. The zero-order chi connectivity index (χ0) is 20.8. The molecule has 0 unspecified atom stereocenters. The molecule has 5 nitrogen and oxygen atoms in total. The smallest absolute Gasteiger partial charge is 0.213 e. The Labute approximate surface area is 177 Å². The van der Waals surface area contributed by atoms with Crippen LogP contribution >= 0.6 is 0 Å². The van der Waals surface area contributed by atoms with Crippen LogP contribution in [-0.4, -0.2) is 41.9 Å². The molecule has 0 amide bonds. The molecular formula is C25H26N4O. The second kappa shape index (κ2) is 9.46. The van der Waals surface area contributed by atoms with Crippen LogP contribution in [0.2, 0.25) is 0 Å². The SMILES string of the molecule is Cc1ncc(/C=C/c2ccccc2)cc1C(=O)c1cccc(N2CCCNCC2)n1. The number of pyridine rings is 2. The number of benzene rings is 1. The third-order valence-electron chi connectivity index (χ3n) is 5.25. The Balaban J connectivity index is 1.58. The van der Waals surface area contributed by atoms with Crippen molar-refractivity contribution in [2.24, 2.45) is 0 Å². The highest BCUT2D eigenvalue weighted by Crippen LogP contribution is 2.18. The number of hydrogen-bond acceptors (Lipinski definition) is 5. The number of rotatable bonds is 5. The lowest BCUT2D eigenvalue weighted by Gasteiger charge is -2.21. The molecule has 3 aromatic rings. The van der Waals surface area contributed by atoms with Crippen LogP contribution in [-0.2, 0) is 0 Å². The van der Waals surface area contributed by atoms with Gasteiger partial charge in [-0.1, -0.05) is 48.6 Å². The quantitative estimate of drug-likeness (QED) is 0.659. The average Bonchev–Trinajstić information content (AvgIpc) is 3.08. The van der Waals surface area contributed by atoms with Gasteiger partial charge in [0.05, 0.1) is 0 Å². The van der Waals surface area contributed by atoms with Gasteiger partial charge in [0.15, 0.2) is 0 Å². The minimum Gasteiger partial charge on any atom is -0.355 e. The van der Waals surface area contributed by atoms with E-state index in [2.05, 4.69) is 20.2 Å². The first-order chi connectivity index (χ1) is 14.7. The summed E-state index contributed by atoms with van der Waals surface area (Å²) in [5, 5.41) is 3.40. The Bertz CT molecular complexity index is 1040. The van der Waals surface area contributed by atoms with Gasteiger partial charge in [-0.3, -0.25) is 9.78 Å². The van der Waals surface area contributed by atoms with Crippen molar-refractivity contribution in [2.75, 3.05) is 31.1 Å². The molecule has 1 aromatic carbocycles. The summed E-state index contributed by atoms with van der Waals surface area (Å²) in [7, 11) is 0. The van der Waals surface area contributed by atoms with Gasteiger partial charge >= 0.3 is 0 Å². The van der Waals surface area contributed by atoms with Crippen molar-refractivity contribution in [3.8, 4) is 0 Å². The van der Waals surface area contributed by atoms with Crippen LogP contribution in [0.15, 0.2) is 60.8 Å². The minimum atomic E-state index is -0.0928. The molecule has 0 spiro atoms. The van der Waals surface area contributed by atoms with Crippen LogP contribution in [0.3, 0.4) is 0 Å². The number of carbonyl (C=O) groups excluding carboxylic acids is 1. The highest BCUT2D eigenvalue weighted by molar-refractivity contribution is 6.08. The first-order valence-electron chi connectivity index (χ1n) is 10.4. The largest absolute Gasteiger partial charge is 0.355 e. The van der Waals surface area contributed by atoms with Crippen LogP contribution in [0.4, 0.5) is 5.82 Å². The van der Waals surface area contributed by atoms with E-state index in [9.17, 15) is 4.79 Å². The summed E-state index contributed by atoms with van der Waals surface area (Å²) in [5.74, 6) is 0.764. The Morgan fingerprint density at radius 2 is 1.83 bits per heavy atom. The van der Waals surface area contributed by atoms with Crippen LogP contribution in [0.25, 0.3) is 12.2 Å². The van der Waals surface area contributed by atoms with Crippen LogP contribution in [0, 0.1) is 6.92 Å². The van der Waals surface area contributed by atoms with E-state index in [1.807, 2.05) is 67.6 Å². The number of aromatic nitrogens is 2. The van der Waals surface area contributed by atoms with Crippen LogP contribution in [0.5, 0.6) is 0 Å². The van der Waals surface area contributed by atoms with E-state index < -0.39 is 0 Å². The summed E-state index contributed by atoms with van der Waals surface area (Å²) in [5.41, 5.74) is 3.75. The lowest BCUT2D eigenvalue weighted by molar-refractivity contribution is 0.103. The Kier molecular flexibility index (Phi) is 6.30. The van der Waals surface area contributed by atoms with Gasteiger partial charge in [0, 0.05) is 37.1 Å². The van der Waals surface area contributed by atoms with E-state index in [1.54, 1.807) is 12.3 Å². The molecule has 30 heavy (non-hydrogen) atoms. The van der Waals surface area contributed by atoms with Gasteiger partial charge in [-0.15, -0.1) is 0 Å². The van der Waals surface area contributed by atoms with Gasteiger partial charge in [0.2, 0.25) is 5.78 Å². The molecule has 3 heterocycles. The fraction of sp³-hybridized carbons (Fsp3) is 0.240. The molecule has 1 aliphatic rings. The van der Waals surface area contributed by atoms with Crippen molar-refractivity contribution < 1.29 is 4.79 Å². The van der Waals surface area contributed by atoms with Gasteiger partial charge in [0.1, 0.15) is 11.5 Å². The number of ketones is 1. The predicted octanol–water partition coefficient (Wildman–Crippen LogP) is 3.99. The minimum absolute atomic E-state index is 0.0928. The van der Waals surface area contributed by atoms with Gasteiger partial charge in [-0.2, -0.15) is 0 Å².